The minimum Gasteiger partial charge on any atom is -0.461 e. The molecule has 256 valence electrons. The average molecular weight is 698 g/mol. The highest BCUT2D eigenvalue weighted by molar-refractivity contribution is 6.09. The standard InChI is InChI=1S/C37H32FN5O6.ClH/c1-40-30-13-10-26(22-29(30)35(45)43(37(40)47)23-24-8-11-28(38)12-9-24)33(44)34-39-32(31-7-2-3-14-42(31)34)25-5-4-6-27(21-25)36(46)49-20-17-41-15-18-48-19-16-41;/h2-14,21-22H,15-20,23H2,1H3;1H. The van der Waals surface area contributed by atoms with E-state index in [9.17, 15) is 23.6 Å². The lowest BCUT2D eigenvalue weighted by atomic mass is 10.1. The van der Waals surface area contributed by atoms with E-state index in [1.807, 2.05) is 18.2 Å². The van der Waals surface area contributed by atoms with Gasteiger partial charge in [0.15, 0.2) is 5.82 Å². The van der Waals surface area contributed by atoms with Gasteiger partial charge in [-0.05, 0) is 60.2 Å². The van der Waals surface area contributed by atoms with Gasteiger partial charge in [-0.1, -0.05) is 30.3 Å². The van der Waals surface area contributed by atoms with Gasteiger partial charge in [-0.15, -0.1) is 12.4 Å². The molecule has 1 fully saturated rings. The molecule has 0 unspecified atom stereocenters. The number of aryl methyl sites for hydroxylation is 1. The summed E-state index contributed by atoms with van der Waals surface area (Å²) < 4.78 is 28.5. The Morgan fingerprint density at radius 1 is 0.900 bits per heavy atom. The number of esters is 1. The molecule has 0 radical (unpaired) electrons. The van der Waals surface area contributed by atoms with Crippen LogP contribution in [0, 0.1) is 5.82 Å². The molecule has 6 aromatic rings. The van der Waals surface area contributed by atoms with Crippen LogP contribution >= 0.6 is 12.4 Å². The number of aromatic nitrogens is 4. The molecule has 0 spiro atoms. The summed E-state index contributed by atoms with van der Waals surface area (Å²) in [7, 11) is 1.55. The predicted molar refractivity (Wildman–Crippen MR) is 188 cm³/mol. The molecule has 50 heavy (non-hydrogen) atoms. The van der Waals surface area contributed by atoms with Crippen molar-refractivity contribution < 1.29 is 23.5 Å². The summed E-state index contributed by atoms with van der Waals surface area (Å²) >= 11 is 0. The van der Waals surface area contributed by atoms with Crippen LogP contribution in [0.3, 0.4) is 0 Å². The zero-order chi connectivity index (χ0) is 34.1. The lowest BCUT2D eigenvalue weighted by molar-refractivity contribution is 0.0195. The molecular weight excluding hydrogens is 665 g/mol. The first-order valence-electron chi connectivity index (χ1n) is 15.9. The molecule has 0 aliphatic carbocycles. The van der Waals surface area contributed by atoms with Crippen molar-refractivity contribution >= 4 is 40.6 Å². The average Bonchev–Trinajstić information content (AvgIpc) is 3.53. The molecule has 0 N–H and O–H groups in total. The maximum absolute atomic E-state index is 14.1. The summed E-state index contributed by atoms with van der Waals surface area (Å²) in [5, 5.41) is 0.177. The second-order valence-electron chi connectivity index (χ2n) is 11.8. The lowest BCUT2D eigenvalue weighted by Crippen LogP contribution is -2.39. The van der Waals surface area contributed by atoms with Gasteiger partial charge in [0.25, 0.3) is 5.56 Å². The van der Waals surface area contributed by atoms with E-state index in [2.05, 4.69) is 4.90 Å². The van der Waals surface area contributed by atoms with Crippen molar-refractivity contribution in [2.75, 3.05) is 39.5 Å². The Hall–Kier alpha value is -5.43. The fourth-order valence-corrected chi connectivity index (χ4v) is 6.08. The first-order valence-corrected chi connectivity index (χ1v) is 15.9. The zero-order valence-corrected chi connectivity index (χ0v) is 27.9. The van der Waals surface area contributed by atoms with Crippen LogP contribution in [0.5, 0.6) is 0 Å². The van der Waals surface area contributed by atoms with Crippen LogP contribution in [0.4, 0.5) is 4.39 Å². The number of morpholine rings is 1. The van der Waals surface area contributed by atoms with Gasteiger partial charge in [0.05, 0.1) is 47.4 Å². The van der Waals surface area contributed by atoms with E-state index in [4.69, 9.17) is 14.5 Å². The first kappa shape index (κ1) is 34.4. The van der Waals surface area contributed by atoms with Gasteiger partial charge >= 0.3 is 11.7 Å². The number of halogens is 2. The van der Waals surface area contributed by atoms with Crippen LogP contribution in [0.2, 0.25) is 0 Å². The summed E-state index contributed by atoms with van der Waals surface area (Å²) in [6.07, 6.45) is 1.73. The van der Waals surface area contributed by atoms with Crippen LogP contribution in [-0.2, 0) is 23.1 Å². The summed E-state index contributed by atoms with van der Waals surface area (Å²) in [6, 6.07) is 22.5. The Morgan fingerprint density at radius 2 is 1.68 bits per heavy atom. The molecule has 0 amide bonds. The van der Waals surface area contributed by atoms with E-state index in [0.29, 0.717) is 53.2 Å². The number of fused-ring (bicyclic) bond motifs is 2. The molecule has 0 bridgehead atoms. The molecule has 3 aromatic carbocycles. The van der Waals surface area contributed by atoms with Crippen molar-refractivity contribution in [1.82, 2.24) is 23.4 Å². The topological polar surface area (TPSA) is 117 Å². The van der Waals surface area contributed by atoms with Crippen LogP contribution in [0.15, 0.2) is 101 Å². The van der Waals surface area contributed by atoms with Gasteiger partial charge in [0, 0.05) is 44.0 Å². The third kappa shape index (κ3) is 6.73. The molecule has 13 heteroatoms. The molecular formula is C37H33ClFN5O6. The highest BCUT2D eigenvalue weighted by atomic mass is 35.5. The van der Waals surface area contributed by atoms with E-state index in [0.717, 1.165) is 17.7 Å². The Bertz CT molecular complexity index is 2340. The first-order chi connectivity index (χ1) is 23.8. The third-order valence-corrected chi connectivity index (χ3v) is 8.74. The number of carbonyl (C=O) groups is 2. The smallest absolute Gasteiger partial charge is 0.338 e. The molecule has 0 atom stereocenters. The number of ketones is 1. The predicted octanol–water partition coefficient (Wildman–Crippen LogP) is 4.34. The SMILES string of the molecule is Cl.Cn1c(=O)n(Cc2ccc(F)cc2)c(=O)c2cc(C(=O)c3nc(-c4cccc(C(=O)OCCN5CCOCC5)c4)c4ccccn34)ccc21. The van der Waals surface area contributed by atoms with Gasteiger partial charge in [-0.2, -0.15) is 0 Å². The summed E-state index contributed by atoms with van der Waals surface area (Å²) in [4.78, 5) is 60.7. The van der Waals surface area contributed by atoms with Crippen LogP contribution < -0.4 is 11.2 Å². The second kappa shape index (κ2) is 14.6. The maximum Gasteiger partial charge on any atom is 0.338 e. The number of nitrogens with zero attached hydrogens (tertiary/aromatic N) is 5. The van der Waals surface area contributed by atoms with Gasteiger partial charge < -0.3 is 9.47 Å². The monoisotopic (exact) mass is 697 g/mol. The van der Waals surface area contributed by atoms with Gasteiger partial charge in [-0.25, -0.2) is 19.0 Å². The van der Waals surface area contributed by atoms with Crippen molar-refractivity contribution in [1.29, 1.82) is 0 Å². The minimum absolute atomic E-state index is 0. The Kier molecular flexibility index (Phi) is 10.0. The van der Waals surface area contributed by atoms with Gasteiger partial charge in [-0.3, -0.25) is 28.0 Å². The maximum atomic E-state index is 14.1. The summed E-state index contributed by atoms with van der Waals surface area (Å²) in [6.45, 7) is 3.75. The molecule has 11 nitrogen and oxygen atoms in total. The van der Waals surface area contributed by atoms with Crippen LogP contribution in [0.25, 0.3) is 27.7 Å². The highest BCUT2D eigenvalue weighted by Crippen LogP contribution is 2.27. The largest absolute Gasteiger partial charge is 0.461 e. The molecule has 4 heterocycles. The zero-order valence-electron chi connectivity index (χ0n) is 27.1. The Balaban J connectivity index is 0.00000432. The molecule has 1 aliphatic heterocycles. The van der Waals surface area contributed by atoms with Gasteiger partial charge in [0.2, 0.25) is 5.78 Å². The van der Waals surface area contributed by atoms with Crippen molar-refractivity contribution in [3.63, 3.8) is 0 Å². The molecule has 1 aliphatic rings. The number of rotatable bonds is 9. The third-order valence-electron chi connectivity index (χ3n) is 8.74. The highest BCUT2D eigenvalue weighted by Gasteiger charge is 2.22. The summed E-state index contributed by atoms with van der Waals surface area (Å²) in [5.74, 6) is -1.21. The van der Waals surface area contributed by atoms with Crippen molar-refractivity contribution in [2.45, 2.75) is 6.54 Å². The fraction of sp³-hybridized carbons (Fsp3) is 0.216. The van der Waals surface area contributed by atoms with E-state index in [1.54, 1.807) is 54.0 Å². The van der Waals surface area contributed by atoms with Crippen molar-refractivity contribution in [3.05, 3.63) is 140 Å². The number of pyridine rings is 1. The Labute approximate surface area is 291 Å². The normalized spacial score (nSPS) is 13.3. The van der Waals surface area contributed by atoms with Gasteiger partial charge in [0.1, 0.15) is 12.4 Å². The summed E-state index contributed by atoms with van der Waals surface area (Å²) in [5.41, 5.74) is 2.18. The van der Waals surface area contributed by atoms with E-state index in [-0.39, 0.29) is 42.3 Å². The minimum atomic E-state index is -0.570. The number of hydrogen-bond donors (Lipinski definition) is 0. The molecule has 0 saturated carbocycles. The van der Waals surface area contributed by atoms with E-state index in [1.165, 1.54) is 34.9 Å². The molecule has 1 saturated heterocycles. The molecule has 7 rings (SSSR count). The van der Waals surface area contributed by atoms with Crippen molar-refractivity contribution in [2.24, 2.45) is 7.05 Å². The number of benzene rings is 3. The number of hydrogen-bond acceptors (Lipinski definition) is 8. The van der Waals surface area contributed by atoms with E-state index >= 15 is 0 Å². The second-order valence-corrected chi connectivity index (χ2v) is 11.8. The fourth-order valence-electron chi connectivity index (χ4n) is 6.08. The number of ether oxygens (including phenoxy) is 2. The van der Waals surface area contributed by atoms with Crippen LogP contribution in [-0.4, -0.2) is 74.6 Å². The lowest BCUT2D eigenvalue weighted by Gasteiger charge is -2.26. The number of imidazole rings is 1. The van der Waals surface area contributed by atoms with Crippen LogP contribution in [0.1, 0.15) is 32.1 Å². The molecule has 3 aromatic heterocycles. The number of carbonyl (C=O) groups excluding carboxylic acids is 2. The van der Waals surface area contributed by atoms with Crippen molar-refractivity contribution in [3.8, 4) is 11.3 Å². The Morgan fingerprint density at radius 3 is 2.46 bits per heavy atom. The van der Waals surface area contributed by atoms with E-state index < -0.39 is 28.8 Å². The quantitative estimate of drug-likeness (QED) is 0.162.